The van der Waals surface area contributed by atoms with Crippen molar-refractivity contribution < 1.29 is 9.59 Å². The summed E-state index contributed by atoms with van der Waals surface area (Å²) in [4.78, 5) is 31.2. The van der Waals surface area contributed by atoms with Crippen LogP contribution in [0.5, 0.6) is 0 Å². The van der Waals surface area contributed by atoms with Crippen LogP contribution in [-0.2, 0) is 9.59 Å². The number of nitrogens with one attached hydrogen (secondary N) is 1. The summed E-state index contributed by atoms with van der Waals surface area (Å²) in [6, 6.07) is 8.39. The monoisotopic (exact) mass is 421 g/mol. The SMILES string of the molecule is N#C[C@@H]1CCCN1C(=O)[C@@H](N)CN1C[C@@H]2C[C@H]1C(=O)N2c1ccc(-c2nnn[nH]2)cc1. The number of aromatic amines is 1. The molecule has 0 spiro atoms. The Morgan fingerprint density at radius 1 is 1.35 bits per heavy atom. The predicted octanol–water partition coefficient (Wildman–Crippen LogP) is -0.502. The second-order valence-electron chi connectivity index (χ2n) is 8.29. The molecule has 3 aliphatic heterocycles. The molecule has 0 saturated carbocycles. The van der Waals surface area contributed by atoms with Gasteiger partial charge in [-0.2, -0.15) is 5.26 Å². The van der Waals surface area contributed by atoms with Crippen molar-refractivity contribution in [3.8, 4) is 17.5 Å². The Bertz CT molecular complexity index is 1020. The van der Waals surface area contributed by atoms with Gasteiger partial charge in [-0.15, -0.1) is 5.10 Å². The van der Waals surface area contributed by atoms with Crippen LogP contribution in [0.25, 0.3) is 11.4 Å². The van der Waals surface area contributed by atoms with Crippen LogP contribution in [0.4, 0.5) is 5.69 Å². The molecule has 11 nitrogen and oxygen atoms in total. The minimum Gasteiger partial charge on any atom is -0.325 e. The number of benzene rings is 1. The summed E-state index contributed by atoms with van der Waals surface area (Å²) in [7, 11) is 0. The highest BCUT2D eigenvalue weighted by atomic mass is 16.2. The van der Waals surface area contributed by atoms with Crippen molar-refractivity contribution >= 4 is 17.5 Å². The maximum atomic E-state index is 13.1. The lowest BCUT2D eigenvalue weighted by Gasteiger charge is -2.35. The van der Waals surface area contributed by atoms with Gasteiger partial charge in [0.1, 0.15) is 6.04 Å². The zero-order valence-electron chi connectivity index (χ0n) is 16.9. The van der Waals surface area contributed by atoms with Gasteiger partial charge < -0.3 is 15.5 Å². The topological polar surface area (TPSA) is 148 Å². The van der Waals surface area contributed by atoms with Gasteiger partial charge in [0.05, 0.1) is 24.2 Å². The summed E-state index contributed by atoms with van der Waals surface area (Å²) in [6.07, 6.45) is 2.24. The molecule has 3 N–H and O–H groups in total. The van der Waals surface area contributed by atoms with E-state index in [1.165, 1.54) is 0 Å². The number of anilines is 1. The molecule has 1 aromatic heterocycles. The zero-order valence-corrected chi connectivity index (χ0v) is 16.9. The van der Waals surface area contributed by atoms with E-state index in [0.29, 0.717) is 31.9 Å². The predicted molar refractivity (Wildman–Crippen MR) is 109 cm³/mol. The summed E-state index contributed by atoms with van der Waals surface area (Å²) < 4.78 is 0. The maximum absolute atomic E-state index is 13.1. The molecule has 1 aromatic carbocycles. The van der Waals surface area contributed by atoms with Crippen LogP contribution in [0.15, 0.2) is 24.3 Å². The molecule has 11 heteroatoms. The lowest BCUT2D eigenvalue weighted by atomic mass is 10.1. The first kappa shape index (κ1) is 19.6. The van der Waals surface area contributed by atoms with E-state index in [4.69, 9.17) is 5.73 Å². The number of carbonyl (C=O) groups is 2. The van der Waals surface area contributed by atoms with E-state index >= 15 is 0 Å². The van der Waals surface area contributed by atoms with E-state index in [2.05, 4.69) is 26.7 Å². The number of likely N-dealkylation sites (tertiary alicyclic amines) is 2. The number of nitrogens with two attached hydrogens (primary N) is 1. The first-order valence-corrected chi connectivity index (χ1v) is 10.4. The number of carbonyl (C=O) groups excluding carboxylic acids is 2. The third-order valence-electron chi connectivity index (χ3n) is 6.47. The van der Waals surface area contributed by atoms with Crippen molar-refractivity contribution in [2.75, 3.05) is 24.5 Å². The number of hydrogen-bond acceptors (Lipinski definition) is 8. The third-order valence-corrected chi connectivity index (χ3v) is 6.47. The highest BCUT2D eigenvalue weighted by Crippen LogP contribution is 2.36. The molecular weight excluding hydrogens is 398 g/mol. The van der Waals surface area contributed by atoms with Gasteiger partial charge in [-0.1, -0.05) is 0 Å². The second kappa shape index (κ2) is 7.72. The number of nitriles is 1. The quantitative estimate of drug-likeness (QED) is 0.656. The van der Waals surface area contributed by atoms with Crippen molar-refractivity contribution in [1.82, 2.24) is 30.4 Å². The van der Waals surface area contributed by atoms with Crippen LogP contribution in [0, 0.1) is 11.3 Å². The normalized spacial score (nSPS) is 26.5. The molecule has 3 saturated heterocycles. The average Bonchev–Trinajstić information content (AvgIpc) is 3.57. The maximum Gasteiger partial charge on any atom is 0.244 e. The van der Waals surface area contributed by atoms with E-state index in [1.807, 2.05) is 34.1 Å². The largest absolute Gasteiger partial charge is 0.325 e. The summed E-state index contributed by atoms with van der Waals surface area (Å²) in [5, 5.41) is 23.0. The number of rotatable bonds is 5. The Hall–Kier alpha value is -3.36. The highest BCUT2D eigenvalue weighted by Gasteiger charge is 2.50. The third kappa shape index (κ3) is 3.34. The molecule has 2 bridgehead atoms. The second-order valence-corrected chi connectivity index (χ2v) is 8.29. The van der Waals surface area contributed by atoms with Gasteiger partial charge in [-0.3, -0.25) is 14.5 Å². The van der Waals surface area contributed by atoms with Gasteiger partial charge in [0.2, 0.25) is 11.8 Å². The molecule has 3 aliphatic rings. The molecule has 160 valence electrons. The number of nitrogens with zero attached hydrogens (tertiary/aromatic N) is 7. The van der Waals surface area contributed by atoms with Gasteiger partial charge in [0, 0.05) is 30.9 Å². The number of aromatic nitrogens is 4. The fraction of sp³-hybridized carbons (Fsp3) is 0.500. The number of fused-ring (bicyclic) bond motifs is 2. The van der Waals surface area contributed by atoms with E-state index in [1.54, 1.807) is 4.90 Å². The van der Waals surface area contributed by atoms with E-state index in [-0.39, 0.29) is 29.9 Å². The molecule has 0 unspecified atom stereocenters. The van der Waals surface area contributed by atoms with Crippen LogP contribution in [0.1, 0.15) is 19.3 Å². The number of H-pyrrole nitrogens is 1. The Kier molecular flexibility index (Phi) is 4.88. The first-order chi connectivity index (χ1) is 15.1. The van der Waals surface area contributed by atoms with Crippen LogP contribution in [0.2, 0.25) is 0 Å². The smallest absolute Gasteiger partial charge is 0.244 e. The first-order valence-electron chi connectivity index (χ1n) is 10.4. The van der Waals surface area contributed by atoms with Crippen molar-refractivity contribution in [1.29, 1.82) is 5.26 Å². The summed E-state index contributed by atoms with van der Waals surface area (Å²) in [6.45, 7) is 1.57. The standard InChI is InChI=1S/C20H23N9O2/c21-9-14-2-1-7-28(14)19(30)16(22)11-27-10-15-8-17(27)20(31)29(15)13-5-3-12(4-6-13)18-23-25-26-24-18/h3-6,14-17H,1-2,7-8,10-11,22H2,(H,23,24,25,26)/t14-,15-,16-,17-/m0/s1. The Labute approximate surface area is 178 Å². The molecule has 5 rings (SSSR count). The summed E-state index contributed by atoms with van der Waals surface area (Å²) >= 11 is 0. The minimum atomic E-state index is -0.732. The van der Waals surface area contributed by atoms with E-state index in [9.17, 15) is 14.9 Å². The van der Waals surface area contributed by atoms with Gasteiger partial charge in [0.15, 0.2) is 5.82 Å². The average molecular weight is 421 g/mol. The van der Waals surface area contributed by atoms with Gasteiger partial charge >= 0.3 is 0 Å². The molecule has 4 atom stereocenters. The highest BCUT2D eigenvalue weighted by molar-refractivity contribution is 6.01. The Morgan fingerprint density at radius 2 is 2.16 bits per heavy atom. The molecule has 0 radical (unpaired) electrons. The fourth-order valence-corrected chi connectivity index (χ4v) is 4.97. The lowest BCUT2D eigenvalue weighted by Crippen LogP contribution is -2.56. The van der Waals surface area contributed by atoms with Crippen LogP contribution >= 0.6 is 0 Å². The van der Waals surface area contributed by atoms with Crippen molar-refractivity contribution in [3.05, 3.63) is 24.3 Å². The molecule has 2 amide bonds. The summed E-state index contributed by atoms with van der Waals surface area (Å²) in [5.74, 6) is 0.400. The van der Waals surface area contributed by atoms with Crippen molar-refractivity contribution in [3.63, 3.8) is 0 Å². The van der Waals surface area contributed by atoms with Crippen LogP contribution in [-0.4, -0.2) is 86.0 Å². The summed E-state index contributed by atoms with van der Waals surface area (Å²) in [5.41, 5.74) is 7.87. The molecule has 31 heavy (non-hydrogen) atoms. The number of hydrogen-bond donors (Lipinski definition) is 2. The minimum absolute atomic E-state index is 0.0288. The molecule has 0 aliphatic carbocycles. The van der Waals surface area contributed by atoms with Gasteiger partial charge in [-0.25, -0.2) is 5.10 Å². The Balaban J connectivity index is 1.23. The lowest BCUT2D eigenvalue weighted by molar-refractivity contribution is -0.134. The van der Waals surface area contributed by atoms with Crippen LogP contribution < -0.4 is 10.6 Å². The fourth-order valence-electron chi connectivity index (χ4n) is 4.97. The zero-order chi connectivity index (χ0) is 21.5. The van der Waals surface area contributed by atoms with Crippen molar-refractivity contribution in [2.45, 2.75) is 43.4 Å². The molecule has 3 fully saturated rings. The number of tetrazole rings is 1. The molecule has 2 aromatic rings. The molecule has 4 heterocycles. The number of amides is 2. The Morgan fingerprint density at radius 3 is 2.84 bits per heavy atom. The molecular formula is C20H23N9O2. The number of piperazine rings is 1. The van der Waals surface area contributed by atoms with E-state index < -0.39 is 6.04 Å². The van der Waals surface area contributed by atoms with E-state index in [0.717, 1.165) is 24.1 Å². The van der Waals surface area contributed by atoms with Gasteiger partial charge in [0.25, 0.3) is 0 Å². The van der Waals surface area contributed by atoms with Crippen molar-refractivity contribution in [2.24, 2.45) is 5.73 Å². The van der Waals surface area contributed by atoms with Crippen LogP contribution in [0.3, 0.4) is 0 Å². The van der Waals surface area contributed by atoms with Gasteiger partial charge in [-0.05, 0) is 54.0 Å².